The van der Waals surface area contributed by atoms with Gasteiger partial charge in [-0.15, -0.1) is 12.4 Å². The highest BCUT2D eigenvalue weighted by Crippen LogP contribution is 2.34. The molecule has 0 radical (unpaired) electrons. The van der Waals surface area contributed by atoms with E-state index in [1.54, 1.807) is 20.4 Å². The Labute approximate surface area is 182 Å². The zero-order valence-electron chi connectivity index (χ0n) is 17.0. The van der Waals surface area contributed by atoms with Crippen LogP contribution in [-0.4, -0.2) is 29.9 Å². The second-order valence-corrected chi connectivity index (χ2v) is 6.76. The molecule has 156 valence electrons. The van der Waals surface area contributed by atoms with Crippen molar-refractivity contribution in [3.05, 3.63) is 83.2 Å². The molecule has 0 saturated carbocycles. The first-order valence-electron chi connectivity index (χ1n) is 9.51. The molecule has 7 heteroatoms. The van der Waals surface area contributed by atoms with Gasteiger partial charge in [0, 0.05) is 24.8 Å². The van der Waals surface area contributed by atoms with Crippen molar-refractivity contribution in [1.82, 2.24) is 9.88 Å². The van der Waals surface area contributed by atoms with E-state index in [1.807, 2.05) is 48.5 Å². The van der Waals surface area contributed by atoms with Gasteiger partial charge < -0.3 is 20.1 Å². The Bertz CT molecular complexity index is 1030. The SMILES string of the molecule is COc1cccc(OC)c1CN1Cc2ccccc2N=C1c1cccnc1CN.Cl. The lowest BCUT2D eigenvalue weighted by Crippen LogP contribution is -2.34. The zero-order chi connectivity index (χ0) is 20.2. The number of amidine groups is 1. The minimum absolute atomic E-state index is 0. The van der Waals surface area contributed by atoms with Gasteiger partial charge >= 0.3 is 0 Å². The molecule has 6 nitrogen and oxygen atoms in total. The molecule has 0 atom stereocenters. The van der Waals surface area contributed by atoms with Crippen LogP contribution in [0.4, 0.5) is 5.69 Å². The lowest BCUT2D eigenvalue weighted by molar-refractivity contribution is 0.350. The average Bonchev–Trinajstić information content (AvgIpc) is 2.78. The molecule has 2 aromatic carbocycles. The highest BCUT2D eigenvalue weighted by atomic mass is 35.5. The van der Waals surface area contributed by atoms with Crippen molar-refractivity contribution in [2.75, 3.05) is 14.2 Å². The Kier molecular flexibility index (Phi) is 6.92. The third-order valence-electron chi connectivity index (χ3n) is 5.08. The van der Waals surface area contributed by atoms with E-state index in [4.69, 9.17) is 20.2 Å². The molecule has 2 heterocycles. The topological polar surface area (TPSA) is 73.0 Å². The number of hydrogen-bond acceptors (Lipinski definition) is 6. The van der Waals surface area contributed by atoms with Crippen LogP contribution in [0.1, 0.15) is 22.4 Å². The van der Waals surface area contributed by atoms with E-state index in [1.165, 1.54) is 5.56 Å². The van der Waals surface area contributed by atoms with E-state index in [0.717, 1.165) is 46.4 Å². The summed E-state index contributed by atoms with van der Waals surface area (Å²) in [6.45, 7) is 1.65. The monoisotopic (exact) mass is 424 g/mol. The lowest BCUT2D eigenvalue weighted by Gasteiger charge is -2.32. The summed E-state index contributed by atoms with van der Waals surface area (Å²) < 4.78 is 11.2. The Hall–Kier alpha value is -3.09. The summed E-state index contributed by atoms with van der Waals surface area (Å²) in [5, 5.41) is 0. The first-order chi connectivity index (χ1) is 14.2. The number of nitrogens with zero attached hydrogens (tertiary/aromatic N) is 3. The number of ether oxygens (including phenoxy) is 2. The number of rotatable bonds is 6. The number of benzene rings is 2. The molecule has 0 aliphatic carbocycles. The normalized spacial score (nSPS) is 12.5. The first kappa shape index (κ1) is 21.6. The molecular formula is C23H25ClN4O2. The van der Waals surface area contributed by atoms with Crippen LogP contribution in [0.3, 0.4) is 0 Å². The van der Waals surface area contributed by atoms with Gasteiger partial charge in [-0.05, 0) is 35.9 Å². The molecule has 1 aromatic heterocycles. The van der Waals surface area contributed by atoms with Crippen LogP contribution in [0.2, 0.25) is 0 Å². The van der Waals surface area contributed by atoms with Crippen LogP contribution in [0.25, 0.3) is 0 Å². The summed E-state index contributed by atoms with van der Waals surface area (Å²) in [5.41, 5.74) is 10.8. The Morgan fingerprint density at radius 3 is 2.40 bits per heavy atom. The number of aromatic nitrogens is 1. The fraction of sp³-hybridized carbons (Fsp3) is 0.217. The van der Waals surface area contributed by atoms with Gasteiger partial charge in [-0.1, -0.05) is 24.3 Å². The Balaban J connectivity index is 0.00000256. The van der Waals surface area contributed by atoms with Gasteiger partial charge in [0.2, 0.25) is 0 Å². The number of para-hydroxylation sites is 1. The maximum Gasteiger partial charge on any atom is 0.139 e. The molecule has 0 fully saturated rings. The number of methoxy groups -OCH3 is 2. The maximum absolute atomic E-state index is 5.97. The van der Waals surface area contributed by atoms with Crippen molar-refractivity contribution in [3.8, 4) is 11.5 Å². The largest absolute Gasteiger partial charge is 0.496 e. The molecule has 2 N–H and O–H groups in total. The molecule has 1 aliphatic heterocycles. The second kappa shape index (κ2) is 9.61. The number of nitrogens with two attached hydrogens (primary N) is 1. The smallest absolute Gasteiger partial charge is 0.139 e. The molecule has 3 aromatic rings. The van der Waals surface area contributed by atoms with Crippen LogP contribution in [-0.2, 0) is 19.6 Å². The lowest BCUT2D eigenvalue weighted by atomic mass is 10.0. The summed E-state index contributed by atoms with van der Waals surface area (Å²) in [7, 11) is 3.35. The summed E-state index contributed by atoms with van der Waals surface area (Å²) in [5.74, 6) is 2.42. The van der Waals surface area contributed by atoms with Gasteiger partial charge in [0.05, 0.1) is 37.7 Å². The highest BCUT2D eigenvalue weighted by Gasteiger charge is 2.25. The van der Waals surface area contributed by atoms with Crippen molar-refractivity contribution in [3.63, 3.8) is 0 Å². The minimum atomic E-state index is 0. The van der Waals surface area contributed by atoms with Crippen molar-refractivity contribution >= 4 is 23.9 Å². The van der Waals surface area contributed by atoms with E-state index in [2.05, 4.69) is 16.0 Å². The van der Waals surface area contributed by atoms with Crippen LogP contribution in [0.15, 0.2) is 65.8 Å². The summed E-state index contributed by atoms with van der Waals surface area (Å²) in [4.78, 5) is 11.7. The molecule has 0 bridgehead atoms. The summed E-state index contributed by atoms with van der Waals surface area (Å²) in [6.07, 6.45) is 1.76. The average molecular weight is 425 g/mol. The predicted molar refractivity (Wildman–Crippen MR) is 121 cm³/mol. The number of halogens is 1. The van der Waals surface area contributed by atoms with Crippen LogP contribution in [0.5, 0.6) is 11.5 Å². The molecular weight excluding hydrogens is 400 g/mol. The van der Waals surface area contributed by atoms with Crippen molar-refractivity contribution in [2.45, 2.75) is 19.6 Å². The molecule has 0 saturated heterocycles. The van der Waals surface area contributed by atoms with Crippen LogP contribution in [0, 0.1) is 0 Å². The van der Waals surface area contributed by atoms with E-state index >= 15 is 0 Å². The molecule has 1 aliphatic rings. The quantitative estimate of drug-likeness (QED) is 0.645. The summed E-state index contributed by atoms with van der Waals surface area (Å²) >= 11 is 0. The fourth-order valence-electron chi connectivity index (χ4n) is 3.66. The molecule has 0 amide bonds. The first-order valence-corrected chi connectivity index (χ1v) is 9.51. The van der Waals surface area contributed by atoms with Gasteiger partial charge in [0.25, 0.3) is 0 Å². The highest BCUT2D eigenvalue weighted by molar-refractivity contribution is 6.02. The van der Waals surface area contributed by atoms with Crippen LogP contribution >= 0.6 is 12.4 Å². The fourth-order valence-corrected chi connectivity index (χ4v) is 3.66. The van der Waals surface area contributed by atoms with Crippen LogP contribution < -0.4 is 15.2 Å². The molecule has 0 unspecified atom stereocenters. The summed E-state index contributed by atoms with van der Waals surface area (Å²) in [6, 6.07) is 17.9. The van der Waals surface area contributed by atoms with Gasteiger partial charge in [-0.2, -0.15) is 0 Å². The third-order valence-corrected chi connectivity index (χ3v) is 5.08. The van der Waals surface area contributed by atoms with Gasteiger partial charge in [0.15, 0.2) is 0 Å². The van der Waals surface area contributed by atoms with Crippen molar-refractivity contribution in [1.29, 1.82) is 0 Å². The van der Waals surface area contributed by atoms with E-state index in [-0.39, 0.29) is 12.4 Å². The van der Waals surface area contributed by atoms with Gasteiger partial charge in [-0.3, -0.25) is 4.98 Å². The number of aliphatic imine (C=N–C) groups is 1. The number of hydrogen-bond donors (Lipinski definition) is 1. The van der Waals surface area contributed by atoms with Crippen molar-refractivity contribution < 1.29 is 9.47 Å². The standard InChI is InChI=1S/C23H24N4O2.ClH/c1-28-21-10-5-11-22(29-2)18(21)15-27-14-16-7-3-4-9-19(16)26-23(27)17-8-6-12-25-20(17)13-24;/h3-12H,13-15,24H2,1-2H3;1H. The number of pyridine rings is 1. The second-order valence-electron chi connectivity index (χ2n) is 6.76. The third kappa shape index (κ3) is 4.10. The van der Waals surface area contributed by atoms with E-state index < -0.39 is 0 Å². The molecule has 4 rings (SSSR count). The molecule has 30 heavy (non-hydrogen) atoms. The Morgan fingerprint density at radius 1 is 0.967 bits per heavy atom. The van der Waals surface area contributed by atoms with E-state index in [0.29, 0.717) is 13.1 Å². The maximum atomic E-state index is 5.97. The zero-order valence-corrected chi connectivity index (χ0v) is 17.9. The van der Waals surface area contributed by atoms with Gasteiger partial charge in [0.1, 0.15) is 17.3 Å². The minimum Gasteiger partial charge on any atom is -0.496 e. The van der Waals surface area contributed by atoms with Gasteiger partial charge in [-0.25, -0.2) is 4.99 Å². The van der Waals surface area contributed by atoms with E-state index in [9.17, 15) is 0 Å². The Morgan fingerprint density at radius 2 is 1.70 bits per heavy atom. The predicted octanol–water partition coefficient (Wildman–Crippen LogP) is 4.07. The number of fused-ring (bicyclic) bond motifs is 1. The van der Waals surface area contributed by atoms with Crippen molar-refractivity contribution in [2.24, 2.45) is 10.7 Å². The molecule has 0 spiro atoms.